The molecule has 0 amide bonds. The third kappa shape index (κ3) is 3.36. The van der Waals surface area contributed by atoms with E-state index in [0.717, 1.165) is 11.4 Å². The molecule has 0 spiro atoms. The molecule has 0 saturated heterocycles. The van der Waals surface area contributed by atoms with E-state index < -0.39 is 6.10 Å². The van der Waals surface area contributed by atoms with E-state index in [-0.39, 0.29) is 0 Å². The maximum atomic E-state index is 9.22. The van der Waals surface area contributed by atoms with Gasteiger partial charge in [-0.05, 0) is 31.2 Å². The molecule has 1 atom stereocenters. The lowest BCUT2D eigenvalue weighted by molar-refractivity contribution is 0.194. The van der Waals surface area contributed by atoms with Crippen LogP contribution in [-0.4, -0.2) is 15.8 Å². The lowest BCUT2D eigenvalue weighted by atomic mass is 10.2. The highest BCUT2D eigenvalue weighted by molar-refractivity contribution is 7.99. The van der Waals surface area contributed by atoms with Crippen LogP contribution in [0.3, 0.4) is 0 Å². The summed E-state index contributed by atoms with van der Waals surface area (Å²) >= 11 is 1.80. The topological polar surface area (TPSA) is 33.1 Å². The van der Waals surface area contributed by atoms with Crippen molar-refractivity contribution in [3.8, 4) is 0 Å². The second-order valence-electron chi connectivity index (χ2n) is 2.94. The molecule has 1 aromatic rings. The standard InChI is InChI=1S/C10H15NOS/c1-3-6-13-9-4-5-10(8(2)12)11-7-9/h4-5,7-8,12H,3,6H2,1-2H3/t8-/m1/s1. The molecule has 0 saturated carbocycles. The Morgan fingerprint density at radius 3 is 2.77 bits per heavy atom. The van der Waals surface area contributed by atoms with Crippen LogP contribution in [0.1, 0.15) is 32.1 Å². The van der Waals surface area contributed by atoms with Crippen LogP contribution < -0.4 is 0 Å². The van der Waals surface area contributed by atoms with Crippen LogP contribution in [-0.2, 0) is 0 Å². The third-order valence-corrected chi connectivity index (χ3v) is 2.85. The van der Waals surface area contributed by atoms with Crippen LogP contribution in [0.4, 0.5) is 0 Å². The normalized spacial score (nSPS) is 12.8. The van der Waals surface area contributed by atoms with Crippen molar-refractivity contribution in [3.63, 3.8) is 0 Å². The van der Waals surface area contributed by atoms with Gasteiger partial charge in [-0.1, -0.05) is 6.92 Å². The van der Waals surface area contributed by atoms with Gasteiger partial charge in [0.25, 0.3) is 0 Å². The summed E-state index contributed by atoms with van der Waals surface area (Å²) in [6, 6.07) is 3.89. The van der Waals surface area contributed by atoms with Crippen molar-refractivity contribution in [2.75, 3.05) is 5.75 Å². The number of nitrogens with zero attached hydrogens (tertiary/aromatic N) is 1. The molecular weight excluding hydrogens is 182 g/mol. The molecule has 0 aliphatic rings. The Morgan fingerprint density at radius 2 is 2.31 bits per heavy atom. The number of pyridine rings is 1. The van der Waals surface area contributed by atoms with Gasteiger partial charge in [-0.15, -0.1) is 11.8 Å². The minimum atomic E-state index is -0.467. The first-order chi connectivity index (χ1) is 6.24. The molecule has 1 rings (SSSR count). The van der Waals surface area contributed by atoms with Crippen LogP contribution in [0.15, 0.2) is 23.2 Å². The molecule has 2 nitrogen and oxygen atoms in total. The number of aliphatic hydroxyl groups excluding tert-OH is 1. The number of hydrogen-bond acceptors (Lipinski definition) is 3. The smallest absolute Gasteiger partial charge is 0.0931 e. The molecule has 1 N–H and O–H groups in total. The maximum Gasteiger partial charge on any atom is 0.0931 e. The predicted octanol–water partition coefficient (Wildman–Crippen LogP) is 2.64. The zero-order chi connectivity index (χ0) is 9.68. The lowest BCUT2D eigenvalue weighted by Gasteiger charge is -2.04. The molecule has 0 radical (unpaired) electrons. The number of rotatable bonds is 4. The van der Waals surface area contributed by atoms with Crippen molar-refractivity contribution < 1.29 is 5.11 Å². The van der Waals surface area contributed by atoms with Crippen LogP contribution in [0.25, 0.3) is 0 Å². The van der Waals surface area contributed by atoms with Gasteiger partial charge in [-0.2, -0.15) is 0 Å². The second-order valence-corrected chi connectivity index (χ2v) is 4.11. The fraction of sp³-hybridized carbons (Fsp3) is 0.500. The van der Waals surface area contributed by atoms with Gasteiger partial charge in [-0.25, -0.2) is 0 Å². The Kier molecular flexibility index (Phi) is 4.25. The predicted molar refractivity (Wildman–Crippen MR) is 55.9 cm³/mol. The maximum absolute atomic E-state index is 9.22. The summed E-state index contributed by atoms with van der Waals surface area (Å²) in [5.74, 6) is 1.12. The van der Waals surface area contributed by atoms with E-state index in [1.807, 2.05) is 18.3 Å². The van der Waals surface area contributed by atoms with Crippen LogP contribution >= 0.6 is 11.8 Å². The number of thioether (sulfide) groups is 1. The Hall–Kier alpha value is -0.540. The molecule has 1 aromatic heterocycles. The Morgan fingerprint density at radius 1 is 1.54 bits per heavy atom. The quantitative estimate of drug-likeness (QED) is 0.753. The molecule has 0 aliphatic carbocycles. The number of hydrogen-bond donors (Lipinski definition) is 1. The van der Waals surface area contributed by atoms with E-state index in [1.54, 1.807) is 18.7 Å². The minimum absolute atomic E-state index is 0.467. The summed E-state index contributed by atoms with van der Waals surface area (Å²) in [7, 11) is 0. The SMILES string of the molecule is CCCSc1ccc([C@@H](C)O)nc1. The van der Waals surface area contributed by atoms with Gasteiger partial charge in [0.15, 0.2) is 0 Å². The van der Waals surface area contributed by atoms with Crippen LogP contribution in [0, 0.1) is 0 Å². The summed E-state index contributed by atoms with van der Waals surface area (Å²) in [4.78, 5) is 5.33. The molecule has 0 aromatic carbocycles. The van der Waals surface area contributed by atoms with E-state index >= 15 is 0 Å². The van der Waals surface area contributed by atoms with Gasteiger partial charge in [0.2, 0.25) is 0 Å². The summed E-state index contributed by atoms with van der Waals surface area (Å²) < 4.78 is 0. The molecule has 1 heterocycles. The third-order valence-electron chi connectivity index (χ3n) is 1.66. The first kappa shape index (κ1) is 10.5. The van der Waals surface area contributed by atoms with Crippen molar-refractivity contribution in [1.82, 2.24) is 4.98 Å². The fourth-order valence-electron chi connectivity index (χ4n) is 0.944. The van der Waals surface area contributed by atoms with Gasteiger partial charge in [-0.3, -0.25) is 4.98 Å². The van der Waals surface area contributed by atoms with Gasteiger partial charge in [0, 0.05) is 11.1 Å². The molecular formula is C10H15NOS. The molecule has 13 heavy (non-hydrogen) atoms. The average Bonchev–Trinajstić information content (AvgIpc) is 2.15. The van der Waals surface area contributed by atoms with Crippen molar-refractivity contribution in [1.29, 1.82) is 0 Å². The molecule has 3 heteroatoms. The Labute approximate surface area is 83.4 Å². The van der Waals surface area contributed by atoms with Crippen molar-refractivity contribution in [2.24, 2.45) is 0 Å². The Balaban J connectivity index is 2.59. The number of aliphatic hydroxyl groups is 1. The molecule has 0 bridgehead atoms. The highest BCUT2D eigenvalue weighted by Crippen LogP contribution is 2.19. The van der Waals surface area contributed by atoms with Gasteiger partial charge >= 0.3 is 0 Å². The van der Waals surface area contributed by atoms with E-state index in [2.05, 4.69) is 11.9 Å². The zero-order valence-corrected chi connectivity index (χ0v) is 8.84. The van der Waals surface area contributed by atoms with E-state index in [1.165, 1.54) is 11.3 Å². The number of aromatic nitrogens is 1. The monoisotopic (exact) mass is 197 g/mol. The van der Waals surface area contributed by atoms with E-state index in [0.29, 0.717) is 0 Å². The summed E-state index contributed by atoms with van der Waals surface area (Å²) in [5, 5.41) is 9.22. The first-order valence-electron chi connectivity index (χ1n) is 4.51. The highest BCUT2D eigenvalue weighted by atomic mass is 32.2. The summed E-state index contributed by atoms with van der Waals surface area (Å²) in [6.45, 7) is 3.88. The Bertz CT molecular complexity index is 246. The summed E-state index contributed by atoms with van der Waals surface area (Å²) in [6.07, 6.45) is 2.52. The second kappa shape index (κ2) is 5.25. The lowest BCUT2D eigenvalue weighted by Crippen LogP contribution is -1.94. The first-order valence-corrected chi connectivity index (χ1v) is 5.49. The van der Waals surface area contributed by atoms with E-state index in [4.69, 9.17) is 0 Å². The van der Waals surface area contributed by atoms with Crippen LogP contribution in [0.2, 0.25) is 0 Å². The molecule has 0 aliphatic heterocycles. The van der Waals surface area contributed by atoms with Gasteiger partial charge < -0.3 is 5.11 Å². The zero-order valence-electron chi connectivity index (χ0n) is 8.03. The van der Waals surface area contributed by atoms with Crippen molar-refractivity contribution in [3.05, 3.63) is 24.0 Å². The average molecular weight is 197 g/mol. The van der Waals surface area contributed by atoms with E-state index in [9.17, 15) is 5.11 Å². The van der Waals surface area contributed by atoms with Crippen LogP contribution in [0.5, 0.6) is 0 Å². The summed E-state index contributed by atoms with van der Waals surface area (Å²) in [5.41, 5.74) is 0.737. The minimum Gasteiger partial charge on any atom is -0.387 e. The van der Waals surface area contributed by atoms with Gasteiger partial charge in [0.1, 0.15) is 0 Å². The molecule has 72 valence electrons. The molecule has 0 fully saturated rings. The van der Waals surface area contributed by atoms with Gasteiger partial charge in [0.05, 0.1) is 11.8 Å². The highest BCUT2D eigenvalue weighted by Gasteiger charge is 2.01. The molecule has 0 unspecified atom stereocenters. The van der Waals surface area contributed by atoms with Crippen molar-refractivity contribution in [2.45, 2.75) is 31.3 Å². The largest absolute Gasteiger partial charge is 0.387 e. The fourth-order valence-corrected chi connectivity index (χ4v) is 1.68. The van der Waals surface area contributed by atoms with Crippen molar-refractivity contribution >= 4 is 11.8 Å².